The van der Waals surface area contributed by atoms with Crippen molar-refractivity contribution in [2.75, 3.05) is 6.26 Å². The number of halogens is 4. The van der Waals surface area contributed by atoms with E-state index in [-0.39, 0.29) is 5.02 Å². The van der Waals surface area contributed by atoms with Gasteiger partial charge in [0.2, 0.25) is 0 Å². The lowest BCUT2D eigenvalue weighted by atomic mass is 10.2. The zero-order valence-corrected chi connectivity index (χ0v) is 8.59. The van der Waals surface area contributed by atoms with Crippen molar-refractivity contribution in [3.05, 3.63) is 22.7 Å². The molecule has 14 heavy (non-hydrogen) atoms. The fourth-order valence-electron chi connectivity index (χ4n) is 0.908. The van der Waals surface area contributed by atoms with Crippen molar-refractivity contribution in [3.8, 4) is 5.75 Å². The molecule has 0 bridgehead atoms. The summed E-state index contributed by atoms with van der Waals surface area (Å²) in [6, 6.07) is 2.16. The summed E-state index contributed by atoms with van der Waals surface area (Å²) in [6.45, 7) is 0. The molecule has 0 saturated heterocycles. The van der Waals surface area contributed by atoms with Crippen LogP contribution in [0.3, 0.4) is 0 Å². The van der Waals surface area contributed by atoms with Crippen molar-refractivity contribution < 1.29 is 18.3 Å². The number of hydrogen-bond donors (Lipinski definition) is 1. The van der Waals surface area contributed by atoms with Gasteiger partial charge in [-0.05, 0) is 18.4 Å². The van der Waals surface area contributed by atoms with Crippen LogP contribution in [-0.4, -0.2) is 11.4 Å². The molecule has 0 amide bonds. The quantitative estimate of drug-likeness (QED) is 0.756. The Balaban J connectivity index is 3.35. The molecule has 1 aromatic carbocycles. The highest BCUT2D eigenvalue weighted by Gasteiger charge is 2.35. The van der Waals surface area contributed by atoms with Gasteiger partial charge in [0.1, 0.15) is 5.75 Å². The lowest BCUT2D eigenvalue weighted by Crippen LogP contribution is -2.05. The Labute approximate surface area is 87.9 Å². The van der Waals surface area contributed by atoms with Crippen molar-refractivity contribution >= 4 is 23.4 Å². The zero-order chi connectivity index (χ0) is 10.9. The van der Waals surface area contributed by atoms with Crippen LogP contribution in [0.5, 0.6) is 5.75 Å². The van der Waals surface area contributed by atoms with E-state index in [1.165, 1.54) is 6.07 Å². The van der Waals surface area contributed by atoms with E-state index in [4.69, 9.17) is 16.7 Å². The first-order valence-electron chi connectivity index (χ1n) is 3.50. The molecule has 0 aliphatic heterocycles. The number of benzene rings is 1. The molecule has 1 nitrogen and oxygen atoms in total. The predicted octanol–water partition coefficient (Wildman–Crippen LogP) is 3.79. The average Bonchev–Trinajstić information content (AvgIpc) is 2.07. The molecule has 1 N–H and O–H groups in total. The van der Waals surface area contributed by atoms with E-state index >= 15 is 0 Å². The molecule has 0 spiro atoms. The van der Waals surface area contributed by atoms with E-state index in [1.54, 1.807) is 6.26 Å². The van der Waals surface area contributed by atoms with Crippen LogP contribution >= 0.6 is 23.4 Å². The average molecular weight is 243 g/mol. The van der Waals surface area contributed by atoms with Gasteiger partial charge < -0.3 is 5.11 Å². The molecule has 0 aliphatic carbocycles. The molecule has 0 saturated carbocycles. The van der Waals surface area contributed by atoms with Crippen LogP contribution in [0.15, 0.2) is 17.0 Å². The first-order chi connectivity index (χ1) is 6.36. The Morgan fingerprint density at radius 1 is 1.36 bits per heavy atom. The van der Waals surface area contributed by atoms with E-state index in [9.17, 15) is 13.2 Å². The lowest BCUT2D eigenvalue weighted by Gasteiger charge is -2.11. The molecule has 0 atom stereocenters. The molecular weight excluding hydrogens is 237 g/mol. The highest BCUT2D eigenvalue weighted by Crippen LogP contribution is 2.41. The lowest BCUT2D eigenvalue weighted by molar-refractivity contribution is -0.138. The van der Waals surface area contributed by atoms with Gasteiger partial charge in [0, 0.05) is 4.90 Å². The van der Waals surface area contributed by atoms with Crippen molar-refractivity contribution in [3.63, 3.8) is 0 Å². The first-order valence-corrected chi connectivity index (χ1v) is 5.10. The van der Waals surface area contributed by atoms with Crippen LogP contribution in [0.2, 0.25) is 5.02 Å². The first kappa shape index (κ1) is 11.5. The molecule has 1 aromatic rings. The Morgan fingerprint density at radius 2 is 1.93 bits per heavy atom. The van der Waals surface area contributed by atoms with Gasteiger partial charge in [-0.3, -0.25) is 0 Å². The fraction of sp³-hybridized carbons (Fsp3) is 0.250. The molecule has 0 heterocycles. The number of rotatable bonds is 1. The molecule has 0 aromatic heterocycles. The Morgan fingerprint density at radius 3 is 2.36 bits per heavy atom. The monoisotopic (exact) mass is 242 g/mol. The van der Waals surface area contributed by atoms with Gasteiger partial charge in [-0.1, -0.05) is 11.6 Å². The number of phenolic OH excluding ortho intramolecular Hbond substituents is 1. The second-order valence-electron chi connectivity index (χ2n) is 2.50. The van der Waals surface area contributed by atoms with Crippen molar-refractivity contribution in [2.24, 2.45) is 0 Å². The summed E-state index contributed by atoms with van der Waals surface area (Å²) in [5, 5.41) is 8.80. The molecule has 0 radical (unpaired) electrons. The summed E-state index contributed by atoms with van der Waals surface area (Å²) in [5.41, 5.74) is -1.10. The van der Waals surface area contributed by atoms with E-state index in [0.29, 0.717) is 4.90 Å². The Hall–Kier alpha value is -0.550. The summed E-state index contributed by atoms with van der Waals surface area (Å²) >= 11 is 6.57. The van der Waals surface area contributed by atoms with E-state index in [2.05, 4.69) is 0 Å². The zero-order valence-electron chi connectivity index (χ0n) is 7.02. The Kier molecular flexibility index (Phi) is 3.21. The number of hydrogen-bond acceptors (Lipinski definition) is 2. The molecule has 6 heteroatoms. The van der Waals surface area contributed by atoms with Crippen molar-refractivity contribution in [2.45, 2.75) is 11.1 Å². The number of alkyl halides is 3. The topological polar surface area (TPSA) is 20.2 Å². The molecule has 0 unspecified atom stereocenters. The van der Waals surface area contributed by atoms with Crippen molar-refractivity contribution in [1.82, 2.24) is 0 Å². The third-order valence-corrected chi connectivity index (χ3v) is 2.57. The largest absolute Gasteiger partial charge is 0.506 e. The second-order valence-corrected chi connectivity index (χ2v) is 3.79. The highest BCUT2D eigenvalue weighted by molar-refractivity contribution is 7.98. The fourth-order valence-corrected chi connectivity index (χ4v) is 1.66. The van der Waals surface area contributed by atoms with E-state index < -0.39 is 17.5 Å². The van der Waals surface area contributed by atoms with Crippen molar-refractivity contribution in [1.29, 1.82) is 0 Å². The summed E-state index contributed by atoms with van der Waals surface area (Å²) in [5.74, 6) is -0.919. The van der Waals surface area contributed by atoms with Crippen LogP contribution in [0.25, 0.3) is 0 Å². The number of phenols is 1. The van der Waals surface area contributed by atoms with Gasteiger partial charge >= 0.3 is 6.18 Å². The molecule has 0 fully saturated rings. The summed E-state index contributed by atoms with van der Waals surface area (Å²) in [4.78, 5) is 0.361. The minimum absolute atomic E-state index is 0.288. The van der Waals surface area contributed by atoms with E-state index in [1.807, 2.05) is 0 Å². The molecule has 0 aliphatic rings. The minimum Gasteiger partial charge on any atom is -0.506 e. The van der Waals surface area contributed by atoms with Crippen LogP contribution in [0.4, 0.5) is 13.2 Å². The molecule has 78 valence electrons. The maximum absolute atomic E-state index is 12.3. The van der Waals surface area contributed by atoms with Crippen LogP contribution in [0.1, 0.15) is 5.56 Å². The summed E-state index contributed by atoms with van der Waals surface area (Å²) < 4.78 is 37.0. The third-order valence-electron chi connectivity index (χ3n) is 1.58. The van der Waals surface area contributed by atoms with Gasteiger partial charge in [-0.25, -0.2) is 0 Å². The van der Waals surface area contributed by atoms with Crippen LogP contribution < -0.4 is 0 Å². The summed E-state index contributed by atoms with van der Waals surface area (Å²) in [7, 11) is 0. The van der Waals surface area contributed by atoms with Gasteiger partial charge in [-0.2, -0.15) is 13.2 Å². The van der Waals surface area contributed by atoms with Gasteiger partial charge in [0.25, 0.3) is 0 Å². The molecular formula is C8H6ClF3OS. The second kappa shape index (κ2) is 3.90. The normalized spacial score (nSPS) is 11.8. The predicted molar refractivity (Wildman–Crippen MR) is 49.9 cm³/mol. The minimum atomic E-state index is -4.58. The maximum Gasteiger partial charge on any atom is 0.420 e. The maximum atomic E-state index is 12.3. The number of aromatic hydroxyl groups is 1. The third kappa shape index (κ3) is 2.27. The van der Waals surface area contributed by atoms with Crippen LogP contribution in [0, 0.1) is 0 Å². The van der Waals surface area contributed by atoms with Gasteiger partial charge in [-0.15, -0.1) is 11.8 Å². The highest BCUT2D eigenvalue weighted by atomic mass is 35.5. The molecule has 1 rings (SSSR count). The van der Waals surface area contributed by atoms with E-state index in [0.717, 1.165) is 17.8 Å². The van der Waals surface area contributed by atoms with Gasteiger partial charge in [0.05, 0.1) is 10.6 Å². The number of thioether (sulfide) groups is 1. The SMILES string of the molecule is CSc1cc(Cl)c(O)c(C(F)(F)F)c1. The van der Waals surface area contributed by atoms with Crippen LogP contribution in [-0.2, 0) is 6.18 Å². The summed E-state index contributed by atoms with van der Waals surface area (Å²) in [6.07, 6.45) is -2.96. The standard InChI is InChI=1S/C8H6ClF3OS/c1-14-4-2-5(8(10,11)12)7(13)6(9)3-4/h2-3,13H,1H3. The smallest absolute Gasteiger partial charge is 0.420 e. The Bertz CT molecular complexity index is 351. The van der Waals surface area contributed by atoms with Gasteiger partial charge in [0.15, 0.2) is 0 Å².